The summed E-state index contributed by atoms with van der Waals surface area (Å²) < 4.78 is 0. The molecule has 1 rings (SSSR count). The van der Waals surface area contributed by atoms with Gasteiger partial charge in [-0.2, -0.15) is 0 Å². The molecule has 3 nitrogen and oxygen atoms in total. The summed E-state index contributed by atoms with van der Waals surface area (Å²) in [5, 5.41) is 3.12. The van der Waals surface area contributed by atoms with E-state index in [9.17, 15) is 0 Å². The van der Waals surface area contributed by atoms with Gasteiger partial charge in [0.1, 0.15) is 0 Å². The molecule has 1 unspecified atom stereocenters. The molecule has 0 radical (unpaired) electrons. The van der Waals surface area contributed by atoms with Crippen LogP contribution in [0.1, 0.15) is 11.5 Å². The second-order valence-corrected chi connectivity index (χ2v) is 2.77. The highest BCUT2D eigenvalue weighted by Gasteiger charge is 2.06. The monoisotopic (exact) mass is 165 g/mol. The van der Waals surface area contributed by atoms with E-state index in [-0.39, 0.29) is 0 Å². The van der Waals surface area contributed by atoms with E-state index >= 15 is 0 Å². The predicted molar refractivity (Wildman–Crippen MR) is 50.0 cm³/mol. The van der Waals surface area contributed by atoms with Gasteiger partial charge in [-0.05, 0) is 24.7 Å². The Morgan fingerprint density at radius 3 is 2.67 bits per heavy atom. The van der Waals surface area contributed by atoms with Crippen LogP contribution in [0.5, 0.6) is 0 Å². The molecule has 12 heavy (non-hydrogen) atoms. The molecule has 0 aliphatic heterocycles. The lowest BCUT2D eigenvalue weighted by Gasteiger charge is -2.13. The van der Waals surface area contributed by atoms with Gasteiger partial charge in [-0.25, -0.2) is 0 Å². The molecule has 0 aliphatic rings. The highest BCUT2D eigenvalue weighted by atomic mass is 14.8. The van der Waals surface area contributed by atoms with Gasteiger partial charge in [0.05, 0.1) is 0 Å². The second kappa shape index (κ2) is 4.85. The summed E-state index contributed by atoms with van der Waals surface area (Å²) >= 11 is 0. The Balaban J connectivity index is 2.66. The van der Waals surface area contributed by atoms with Crippen molar-refractivity contribution in [3.8, 4) is 0 Å². The first-order valence-corrected chi connectivity index (χ1v) is 4.13. The number of nitrogens with zero attached hydrogens (tertiary/aromatic N) is 1. The van der Waals surface area contributed by atoms with E-state index in [4.69, 9.17) is 5.73 Å². The number of nitrogens with one attached hydrogen (secondary N) is 1. The number of pyridine rings is 1. The average molecular weight is 165 g/mol. The fourth-order valence-corrected chi connectivity index (χ4v) is 1.22. The van der Waals surface area contributed by atoms with Crippen molar-refractivity contribution < 1.29 is 0 Å². The van der Waals surface area contributed by atoms with Crippen LogP contribution >= 0.6 is 0 Å². The highest BCUT2D eigenvalue weighted by Crippen LogP contribution is 2.11. The van der Waals surface area contributed by atoms with Crippen molar-refractivity contribution in [2.24, 2.45) is 5.73 Å². The van der Waals surface area contributed by atoms with Gasteiger partial charge >= 0.3 is 0 Å². The maximum Gasteiger partial charge on any atom is 0.0270 e. The molecular formula is C9H15N3. The molecule has 0 fully saturated rings. The minimum atomic E-state index is 0.401. The molecular weight excluding hydrogens is 150 g/mol. The van der Waals surface area contributed by atoms with E-state index in [1.54, 1.807) is 12.4 Å². The zero-order valence-electron chi connectivity index (χ0n) is 7.33. The lowest BCUT2D eigenvalue weighted by atomic mass is 10.0. The van der Waals surface area contributed by atoms with Gasteiger partial charge in [0.2, 0.25) is 0 Å². The molecule has 0 saturated heterocycles. The molecule has 0 amide bonds. The molecule has 0 aromatic carbocycles. The SMILES string of the molecule is CNCC(CN)c1ccncc1. The third kappa shape index (κ3) is 2.29. The van der Waals surface area contributed by atoms with Crippen LogP contribution < -0.4 is 11.1 Å². The van der Waals surface area contributed by atoms with Crippen molar-refractivity contribution in [1.29, 1.82) is 0 Å². The van der Waals surface area contributed by atoms with Crippen molar-refractivity contribution in [3.05, 3.63) is 30.1 Å². The van der Waals surface area contributed by atoms with Crippen molar-refractivity contribution in [2.45, 2.75) is 5.92 Å². The standard InChI is InChI=1S/C9H15N3/c1-11-7-9(6-10)8-2-4-12-5-3-8/h2-5,9,11H,6-7,10H2,1H3. The summed E-state index contributed by atoms with van der Waals surface area (Å²) in [6.45, 7) is 1.59. The Labute approximate surface area is 73.0 Å². The molecule has 0 saturated carbocycles. The molecule has 1 atom stereocenters. The Morgan fingerprint density at radius 1 is 1.50 bits per heavy atom. The zero-order valence-corrected chi connectivity index (χ0v) is 7.33. The van der Waals surface area contributed by atoms with Crippen LogP contribution in [0, 0.1) is 0 Å². The van der Waals surface area contributed by atoms with Gasteiger partial charge in [-0.3, -0.25) is 4.98 Å². The highest BCUT2D eigenvalue weighted by molar-refractivity contribution is 5.16. The van der Waals surface area contributed by atoms with Gasteiger partial charge in [0.25, 0.3) is 0 Å². The van der Waals surface area contributed by atoms with Crippen LogP contribution in [0.4, 0.5) is 0 Å². The number of nitrogens with two attached hydrogens (primary N) is 1. The number of rotatable bonds is 4. The molecule has 0 bridgehead atoms. The fraction of sp³-hybridized carbons (Fsp3) is 0.444. The van der Waals surface area contributed by atoms with Crippen LogP contribution in [0.2, 0.25) is 0 Å². The van der Waals surface area contributed by atoms with E-state index in [0.717, 1.165) is 6.54 Å². The Kier molecular flexibility index (Phi) is 3.70. The number of hydrogen-bond donors (Lipinski definition) is 2. The first-order chi connectivity index (χ1) is 5.88. The van der Waals surface area contributed by atoms with E-state index in [1.165, 1.54) is 5.56 Å². The Hall–Kier alpha value is -0.930. The normalized spacial score (nSPS) is 12.8. The van der Waals surface area contributed by atoms with E-state index < -0.39 is 0 Å². The van der Waals surface area contributed by atoms with Gasteiger partial charge in [0, 0.05) is 31.4 Å². The fourth-order valence-electron chi connectivity index (χ4n) is 1.22. The topological polar surface area (TPSA) is 50.9 Å². The largest absolute Gasteiger partial charge is 0.330 e. The lowest BCUT2D eigenvalue weighted by molar-refractivity contribution is 0.636. The first kappa shape index (κ1) is 9.16. The Morgan fingerprint density at radius 2 is 2.17 bits per heavy atom. The van der Waals surface area contributed by atoms with E-state index in [0.29, 0.717) is 12.5 Å². The molecule has 0 aliphatic carbocycles. The number of likely N-dealkylation sites (N-methyl/N-ethyl adjacent to an activating group) is 1. The van der Waals surface area contributed by atoms with Crippen LogP contribution in [0.25, 0.3) is 0 Å². The summed E-state index contributed by atoms with van der Waals surface area (Å²) in [5.74, 6) is 0.401. The van der Waals surface area contributed by atoms with Crippen molar-refractivity contribution >= 4 is 0 Å². The van der Waals surface area contributed by atoms with Crippen LogP contribution in [0.15, 0.2) is 24.5 Å². The predicted octanol–water partition coefficient (Wildman–Crippen LogP) is 0.343. The molecule has 1 aromatic heterocycles. The number of hydrogen-bond acceptors (Lipinski definition) is 3. The van der Waals surface area contributed by atoms with Crippen molar-refractivity contribution in [2.75, 3.05) is 20.1 Å². The van der Waals surface area contributed by atoms with Crippen molar-refractivity contribution in [3.63, 3.8) is 0 Å². The quantitative estimate of drug-likeness (QED) is 0.676. The van der Waals surface area contributed by atoms with E-state index in [1.807, 2.05) is 19.2 Å². The smallest absolute Gasteiger partial charge is 0.0270 e. The van der Waals surface area contributed by atoms with Crippen LogP contribution in [-0.2, 0) is 0 Å². The van der Waals surface area contributed by atoms with Gasteiger partial charge in [-0.15, -0.1) is 0 Å². The Bertz CT molecular complexity index is 210. The van der Waals surface area contributed by atoms with Gasteiger partial charge in [0.15, 0.2) is 0 Å². The maximum absolute atomic E-state index is 5.63. The molecule has 3 N–H and O–H groups in total. The number of aromatic nitrogens is 1. The molecule has 1 heterocycles. The molecule has 1 aromatic rings. The van der Waals surface area contributed by atoms with Gasteiger partial charge in [-0.1, -0.05) is 0 Å². The van der Waals surface area contributed by atoms with Crippen LogP contribution in [-0.4, -0.2) is 25.1 Å². The molecule has 0 spiro atoms. The summed E-state index contributed by atoms with van der Waals surface area (Å²) in [6, 6.07) is 4.02. The van der Waals surface area contributed by atoms with E-state index in [2.05, 4.69) is 10.3 Å². The molecule has 3 heteroatoms. The third-order valence-electron chi connectivity index (χ3n) is 1.91. The summed E-state index contributed by atoms with van der Waals surface area (Å²) in [5.41, 5.74) is 6.88. The van der Waals surface area contributed by atoms with Gasteiger partial charge < -0.3 is 11.1 Å². The minimum Gasteiger partial charge on any atom is -0.330 e. The minimum absolute atomic E-state index is 0.401. The summed E-state index contributed by atoms with van der Waals surface area (Å²) in [6.07, 6.45) is 3.60. The summed E-state index contributed by atoms with van der Waals surface area (Å²) in [7, 11) is 1.93. The van der Waals surface area contributed by atoms with Crippen LogP contribution in [0.3, 0.4) is 0 Å². The van der Waals surface area contributed by atoms with Crippen molar-refractivity contribution in [1.82, 2.24) is 10.3 Å². The first-order valence-electron chi connectivity index (χ1n) is 4.13. The maximum atomic E-state index is 5.63. The molecule has 66 valence electrons. The zero-order chi connectivity index (χ0) is 8.81. The lowest BCUT2D eigenvalue weighted by Crippen LogP contribution is -2.23. The second-order valence-electron chi connectivity index (χ2n) is 2.77. The average Bonchev–Trinajstić information content (AvgIpc) is 2.15. The summed E-state index contributed by atoms with van der Waals surface area (Å²) in [4.78, 5) is 3.96. The third-order valence-corrected chi connectivity index (χ3v) is 1.91.